The number of nitrogens with zero attached hydrogens (tertiary/aromatic N) is 2. The maximum absolute atomic E-state index is 12.6. The van der Waals surface area contributed by atoms with Crippen LogP contribution in [0.5, 0.6) is 0 Å². The van der Waals surface area contributed by atoms with Crippen molar-refractivity contribution in [1.29, 1.82) is 0 Å². The summed E-state index contributed by atoms with van der Waals surface area (Å²) in [6.45, 7) is 1.80. The third-order valence-corrected chi connectivity index (χ3v) is 6.17. The molecule has 1 aromatic heterocycles. The smallest absolute Gasteiger partial charge is 0.323 e. The summed E-state index contributed by atoms with van der Waals surface area (Å²) in [5.74, 6) is -0.721. The first kappa shape index (κ1) is 18.6. The van der Waals surface area contributed by atoms with Crippen molar-refractivity contribution in [3.63, 3.8) is 0 Å². The van der Waals surface area contributed by atoms with Crippen LogP contribution in [0.3, 0.4) is 0 Å². The van der Waals surface area contributed by atoms with Gasteiger partial charge in [0.25, 0.3) is 5.91 Å². The number of aromatic nitrogens is 1. The van der Waals surface area contributed by atoms with Crippen molar-refractivity contribution >= 4 is 34.3 Å². The average molecular weight is 398 g/mol. The molecule has 0 radical (unpaired) electrons. The molecular formula is C20H22N4O3S. The molecule has 1 aliphatic carbocycles. The number of urea groups is 1. The molecule has 0 unspecified atom stereocenters. The molecule has 8 heteroatoms. The molecule has 2 fully saturated rings. The molecule has 1 spiro atoms. The summed E-state index contributed by atoms with van der Waals surface area (Å²) in [6.07, 6.45) is 4.08. The number of rotatable bonds is 5. The zero-order valence-electron chi connectivity index (χ0n) is 15.7. The predicted molar refractivity (Wildman–Crippen MR) is 107 cm³/mol. The maximum Gasteiger partial charge on any atom is 0.325 e. The van der Waals surface area contributed by atoms with Gasteiger partial charge >= 0.3 is 6.03 Å². The van der Waals surface area contributed by atoms with Crippen LogP contribution in [0, 0.1) is 0 Å². The van der Waals surface area contributed by atoms with Crippen LogP contribution >= 0.6 is 11.3 Å². The molecule has 1 aromatic carbocycles. The molecule has 146 valence electrons. The standard InChI is InChI=1S/C20H22N4O3S/c1-2-13-5-7-14(8-6-13)15-12-28-18(21-15)22-16(25)11-24-17(26)20(23-19(24)27)9-3-4-10-20/h5-8,12H,2-4,9-11H2,1H3,(H,23,27)(H,21,22,25). The molecule has 0 bridgehead atoms. The molecule has 2 aliphatic rings. The maximum atomic E-state index is 12.6. The summed E-state index contributed by atoms with van der Waals surface area (Å²) in [7, 11) is 0. The number of hydrogen-bond acceptors (Lipinski definition) is 5. The quantitative estimate of drug-likeness (QED) is 0.757. The van der Waals surface area contributed by atoms with Crippen molar-refractivity contribution in [3.8, 4) is 11.3 Å². The Balaban J connectivity index is 1.40. The van der Waals surface area contributed by atoms with Gasteiger partial charge in [0.1, 0.15) is 12.1 Å². The molecule has 0 atom stereocenters. The highest BCUT2D eigenvalue weighted by Crippen LogP contribution is 2.35. The van der Waals surface area contributed by atoms with Crippen LogP contribution in [-0.2, 0) is 16.0 Å². The number of benzene rings is 1. The third-order valence-electron chi connectivity index (χ3n) is 5.41. The fourth-order valence-corrected chi connectivity index (χ4v) is 4.55. The number of thiazole rings is 1. The molecule has 2 heterocycles. The molecule has 2 aromatic rings. The lowest BCUT2D eigenvalue weighted by molar-refractivity contribution is -0.133. The van der Waals surface area contributed by atoms with Gasteiger partial charge in [0.2, 0.25) is 5.91 Å². The molecular weight excluding hydrogens is 376 g/mol. The number of aryl methyl sites for hydroxylation is 1. The van der Waals surface area contributed by atoms with Crippen LogP contribution in [0.25, 0.3) is 11.3 Å². The van der Waals surface area contributed by atoms with E-state index in [9.17, 15) is 14.4 Å². The van der Waals surface area contributed by atoms with Gasteiger partial charge in [-0.2, -0.15) is 0 Å². The third kappa shape index (κ3) is 3.40. The van der Waals surface area contributed by atoms with Crippen molar-refractivity contribution < 1.29 is 14.4 Å². The van der Waals surface area contributed by atoms with Gasteiger partial charge in [0, 0.05) is 10.9 Å². The van der Waals surface area contributed by atoms with Gasteiger partial charge in [-0.15, -0.1) is 11.3 Å². The van der Waals surface area contributed by atoms with Crippen LogP contribution < -0.4 is 10.6 Å². The van der Waals surface area contributed by atoms with E-state index in [1.165, 1.54) is 16.9 Å². The topological polar surface area (TPSA) is 91.4 Å². The molecule has 7 nitrogen and oxygen atoms in total. The highest BCUT2D eigenvalue weighted by atomic mass is 32.1. The zero-order valence-corrected chi connectivity index (χ0v) is 16.5. The monoisotopic (exact) mass is 398 g/mol. The van der Waals surface area contributed by atoms with Crippen molar-refractivity contribution in [3.05, 3.63) is 35.2 Å². The minimum Gasteiger partial charge on any atom is -0.323 e. The predicted octanol–water partition coefficient (Wildman–Crippen LogP) is 3.18. The van der Waals surface area contributed by atoms with E-state index in [-0.39, 0.29) is 12.5 Å². The molecule has 28 heavy (non-hydrogen) atoms. The van der Waals surface area contributed by atoms with E-state index in [4.69, 9.17) is 0 Å². The van der Waals surface area contributed by atoms with Crippen molar-refractivity contribution in [2.24, 2.45) is 0 Å². The number of carbonyl (C=O) groups is 3. The van der Waals surface area contributed by atoms with Crippen LogP contribution in [0.1, 0.15) is 38.2 Å². The Hall–Kier alpha value is -2.74. The first-order chi connectivity index (χ1) is 13.5. The second kappa shape index (κ2) is 7.35. The lowest BCUT2D eigenvalue weighted by atomic mass is 9.98. The Bertz CT molecular complexity index is 916. The summed E-state index contributed by atoms with van der Waals surface area (Å²) < 4.78 is 0. The summed E-state index contributed by atoms with van der Waals surface area (Å²) in [4.78, 5) is 42.6. The van der Waals surface area contributed by atoms with Crippen molar-refractivity contribution in [1.82, 2.24) is 15.2 Å². The molecule has 2 N–H and O–H groups in total. The lowest BCUT2D eigenvalue weighted by Crippen LogP contribution is -2.44. The summed E-state index contributed by atoms with van der Waals surface area (Å²) >= 11 is 1.31. The van der Waals surface area contributed by atoms with Crippen LogP contribution in [0.4, 0.5) is 9.93 Å². The Morgan fingerprint density at radius 1 is 1.25 bits per heavy atom. The van der Waals surface area contributed by atoms with Gasteiger partial charge in [0.15, 0.2) is 5.13 Å². The average Bonchev–Trinajstić information content (AvgIpc) is 3.40. The molecule has 4 rings (SSSR count). The minimum absolute atomic E-state index is 0.291. The number of imide groups is 1. The van der Waals surface area contributed by atoms with E-state index in [1.807, 2.05) is 17.5 Å². The fraction of sp³-hybridized carbons (Fsp3) is 0.400. The summed E-state index contributed by atoms with van der Waals surface area (Å²) in [5, 5.41) is 7.79. The van der Waals surface area contributed by atoms with Gasteiger partial charge in [-0.05, 0) is 24.8 Å². The van der Waals surface area contributed by atoms with Gasteiger partial charge in [0.05, 0.1) is 5.69 Å². The Kier molecular flexibility index (Phi) is 4.89. The van der Waals surface area contributed by atoms with E-state index >= 15 is 0 Å². The van der Waals surface area contributed by atoms with Crippen molar-refractivity contribution in [2.75, 3.05) is 11.9 Å². The first-order valence-electron chi connectivity index (χ1n) is 9.49. The van der Waals surface area contributed by atoms with Crippen LogP contribution in [-0.4, -0.2) is 39.8 Å². The van der Waals surface area contributed by atoms with Gasteiger partial charge < -0.3 is 10.6 Å². The molecule has 1 saturated carbocycles. The SMILES string of the molecule is CCc1ccc(-c2csc(NC(=O)CN3C(=O)NC4(CCCC4)C3=O)n2)cc1. The largest absolute Gasteiger partial charge is 0.325 e. The number of amides is 4. The van der Waals surface area contributed by atoms with Crippen molar-refractivity contribution in [2.45, 2.75) is 44.6 Å². The van der Waals surface area contributed by atoms with Crippen LogP contribution in [0.2, 0.25) is 0 Å². The van der Waals surface area contributed by atoms with Crippen LogP contribution in [0.15, 0.2) is 29.6 Å². The van der Waals surface area contributed by atoms with E-state index in [1.54, 1.807) is 0 Å². The number of anilines is 1. The second-order valence-corrected chi connectivity index (χ2v) is 8.11. The highest BCUT2D eigenvalue weighted by molar-refractivity contribution is 7.14. The lowest BCUT2D eigenvalue weighted by Gasteiger charge is -2.19. The molecule has 1 aliphatic heterocycles. The number of hydrogen-bond donors (Lipinski definition) is 2. The number of carbonyl (C=O) groups excluding carboxylic acids is 3. The second-order valence-electron chi connectivity index (χ2n) is 7.25. The Morgan fingerprint density at radius 3 is 2.64 bits per heavy atom. The molecule has 4 amide bonds. The fourth-order valence-electron chi connectivity index (χ4n) is 3.81. The molecule has 1 saturated heterocycles. The highest BCUT2D eigenvalue weighted by Gasteiger charge is 2.52. The first-order valence-corrected chi connectivity index (χ1v) is 10.4. The van der Waals surface area contributed by atoms with Gasteiger partial charge in [-0.3, -0.25) is 14.5 Å². The summed E-state index contributed by atoms with van der Waals surface area (Å²) in [6, 6.07) is 7.65. The minimum atomic E-state index is -0.795. The van der Waals surface area contributed by atoms with E-state index in [0.717, 1.165) is 35.4 Å². The normalized spacial score (nSPS) is 18.0. The summed E-state index contributed by atoms with van der Waals surface area (Å²) in [5.41, 5.74) is 2.21. The van der Waals surface area contributed by atoms with Gasteiger partial charge in [-0.1, -0.05) is 44.0 Å². The zero-order chi connectivity index (χ0) is 19.7. The Labute approximate surface area is 167 Å². The van der Waals surface area contributed by atoms with E-state index in [2.05, 4.69) is 34.7 Å². The van der Waals surface area contributed by atoms with E-state index in [0.29, 0.717) is 18.0 Å². The number of nitrogens with one attached hydrogen (secondary N) is 2. The Morgan fingerprint density at radius 2 is 1.96 bits per heavy atom. The van der Waals surface area contributed by atoms with Gasteiger partial charge in [-0.25, -0.2) is 9.78 Å². The van der Waals surface area contributed by atoms with E-state index < -0.39 is 17.5 Å².